The summed E-state index contributed by atoms with van der Waals surface area (Å²) in [7, 11) is 0. The molecule has 2 rings (SSSR count). The van der Waals surface area contributed by atoms with Gasteiger partial charge < -0.3 is 19.7 Å². The first-order chi connectivity index (χ1) is 10.2. The molecule has 1 fully saturated rings. The van der Waals surface area contributed by atoms with Gasteiger partial charge in [0.1, 0.15) is 12.3 Å². The smallest absolute Gasteiger partial charge is 0.330 e. The van der Waals surface area contributed by atoms with Crippen molar-refractivity contribution in [2.45, 2.75) is 57.8 Å². The van der Waals surface area contributed by atoms with Crippen LogP contribution in [0.3, 0.4) is 0 Å². The molecule has 3 N–H and O–H groups in total. The number of nitrogens with zero attached hydrogens (tertiary/aromatic N) is 1. The largest absolute Gasteiger partial charge is 0.394 e. The van der Waals surface area contributed by atoms with Crippen molar-refractivity contribution in [1.82, 2.24) is 9.55 Å². The molecule has 8 nitrogen and oxygen atoms in total. The lowest BCUT2D eigenvalue weighted by Crippen LogP contribution is -2.35. The van der Waals surface area contributed by atoms with Gasteiger partial charge >= 0.3 is 5.69 Å². The molecule has 1 aromatic rings. The van der Waals surface area contributed by atoms with Crippen LogP contribution in [0.1, 0.15) is 39.0 Å². The molecule has 22 heavy (non-hydrogen) atoms. The van der Waals surface area contributed by atoms with Crippen LogP contribution in [0.4, 0.5) is 0 Å². The van der Waals surface area contributed by atoms with E-state index in [1.165, 1.54) is 10.8 Å². The Labute approximate surface area is 127 Å². The standard InChI is InChI=1S/C14H22N2O6/c1-14(2,3)21-7-8-5-16(13(20)15-12(8)19)11-4-9(18)10(6-17)22-11/h5,9-11,17-18H,4,6-7H2,1-3H3,(H,15,19,20). The van der Waals surface area contributed by atoms with E-state index in [1.54, 1.807) is 0 Å². The lowest BCUT2D eigenvalue weighted by Gasteiger charge is -2.20. The number of aromatic nitrogens is 2. The van der Waals surface area contributed by atoms with E-state index in [2.05, 4.69) is 4.98 Å². The third-order valence-electron chi connectivity index (χ3n) is 3.40. The van der Waals surface area contributed by atoms with Gasteiger partial charge in [-0.05, 0) is 20.8 Å². The molecule has 1 aromatic heterocycles. The Morgan fingerprint density at radius 2 is 2.14 bits per heavy atom. The van der Waals surface area contributed by atoms with Gasteiger partial charge in [-0.15, -0.1) is 0 Å². The third-order valence-corrected chi connectivity index (χ3v) is 3.40. The Balaban J connectivity index is 2.26. The van der Waals surface area contributed by atoms with Crippen LogP contribution in [0.2, 0.25) is 0 Å². The topological polar surface area (TPSA) is 114 Å². The van der Waals surface area contributed by atoms with Gasteiger partial charge in [0, 0.05) is 12.6 Å². The predicted molar refractivity (Wildman–Crippen MR) is 77.5 cm³/mol. The molecule has 0 spiro atoms. The third kappa shape index (κ3) is 3.83. The number of rotatable bonds is 4. The molecular weight excluding hydrogens is 292 g/mol. The summed E-state index contributed by atoms with van der Waals surface area (Å²) in [6.07, 6.45) is -0.785. The lowest BCUT2D eigenvalue weighted by molar-refractivity contribution is -0.0466. The number of hydrogen-bond acceptors (Lipinski definition) is 6. The zero-order valence-electron chi connectivity index (χ0n) is 12.9. The summed E-state index contributed by atoms with van der Waals surface area (Å²) in [5.41, 5.74) is -1.27. The quantitative estimate of drug-likeness (QED) is 0.690. The molecule has 0 aromatic carbocycles. The molecule has 8 heteroatoms. The van der Waals surface area contributed by atoms with Gasteiger partial charge in [0.2, 0.25) is 0 Å². The SMILES string of the molecule is CC(C)(C)OCc1cn(C2CC(O)C(CO)O2)c(=O)[nH]c1=O. The van der Waals surface area contributed by atoms with Crippen molar-refractivity contribution in [3.63, 3.8) is 0 Å². The van der Waals surface area contributed by atoms with Crippen molar-refractivity contribution in [2.24, 2.45) is 0 Å². The molecule has 1 aliphatic heterocycles. The highest BCUT2D eigenvalue weighted by Gasteiger charge is 2.35. The first-order valence-electron chi connectivity index (χ1n) is 7.14. The van der Waals surface area contributed by atoms with Crippen LogP contribution in [-0.2, 0) is 16.1 Å². The number of nitrogens with one attached hydrogen (secondary N) is 1. The molecule has 0 radical (unpaired) electrons. The fraction of sp³-hybridized carbons (Fsp3) is 0.714. The first-order valence-corrected chi connectivity index (χ1v) is 7.14. The summed E-state index contributed by atoms with van der Waals surface area (Å²) in [4.78, 5) is 26.0. The fourth-order valence-electron chi connectivity index (χ4n) is 2.19. The van der Waals surface area contributed by atoms with Crippen LogP contribution in [-0.4, -0.2) is 44.2 Å². The van der Waals surface area contributed by atoms with E-state index in [0.717, 1.165) is 0 Å². The molecule has 124 valence electrons. The normalized spacial score (nSPS) is 25.6. The minimum absolute atomic E-state index is 0.0534. The van der Waals surface area contributed by atoms with Crippen LogP contribution in [0, 0.1) is 0 Å². The van der Waals surface area contributed by atoms with E-state index in [9.17, 15) is 14.7 Å². The second-order valence-electron chi connectivity index (χ2n) is 6.34. The molecule has 0 aliphatic carbocycles. The Bertz CT molecular complexity index is 629. The molecule has 0 amide bonds. The number of H-pyrrole nitrogens is 1. The highest BCUT2D eigenvalue weighted by atomic mass is 16.5. The molecule has 2 heterocycles. The fourth-order valence-corrected chi connectivity index (χ4v) is 2.19. The van der Waals surface area contributed by atoms with Crippen molar-refractivity contribution >= 4 is 0 Å². The highest BCUT2D eigenvalue weighted by molar-refractivity contribution is 5.04. The lowest BCUT2D eigenvalue weighted by atomic mass is 10.2. The van der Waals surface area contributed by atoms with E-state index in [-0.39, 0.29) is 19.6 Å². The average Bonchev–Trinajstić information content (AvgIpc) is 2.77. The maximum Gasteiger partial charge on any atom is 0.330 e. The van der Waals surface area contributed by atoms with Crippen LogP contribution in [0.25, 0.3) is 0 Å². The second kappa shape index (κ2) is 6.33. The van der Waals surface area contributed by atoms with Gasteiger partial charge in [0.05, 0.1) is 30.5 Å². The average molecular weight is 314 g/mol. The van der Waals surface area contributed by atoms with E-state index < -0.39 is 35.3 Å². The van der Waals surface area contributed by atoms with Crippen molar-refractivity contribution in [3.05, 3.63) is 32.6 Å². The van der Waals surface area contributed by atoms with Crippen LogP contribution in [0.5, 0.6) is 0 Å². The summed E-state index contributed by atoms with van der Waals surface area (Å²) in [6, 6.07) is 0. The maximum atomic E-state index is 11.9. The van der Waals surface area contributed by atoms with Gasteiger partial charge in [0.15, 0.2) is 0 Å². The van der Waals surface area contributed by atoms with Gasteiger partial charge in [-0.3, -0.25) is 14.3 Å². The molecule has 1 aliphatic rings. The zero-order chi connectivity index (χ0) is 16.5. The molecule has 0 saturated carbocycles. The monoisotopic (exact) mass is 314 g/mol. The second-order valence-corrected chi connectivity index (χ2v) is 6.34. The highest BCUT2D eigenvalue weighted by Crippen LogP contribution is 2.27. The number of aliphatic hydroxyl groups excluding tert-OH is 2. The zero-order valence-corrected chi connectivity index (χ0v) is 12.9. The first kappa shape index (κ1) is 16.9. The summed E-state index contributed by atoms with van der Waals surface area (Å²) >= 11 is 0. The minimum atomic E-state index is -0.858. The Morgan fingerprint density at radius 1 is 1.45 bits per heavy atom. The molecule has 1 saturated heterocycles. The molecule has 3 unspecified atom stereocenters. The van der Waals surface area contributed by atoms with Crippen molar-refractivity contribution in [2.75, 3.05) is 6.61 Å². The summed E-state index contributed by atoms with van der Waals surface area (Å²) in [5.74, 6) is 0. The number of hydrogen-bond donors (Lipinski definition) is 3. The van der Waals surface area contributed by atoms with Crippen molar-refractivity contribution in [1.29, 1.82) is 0 Å². The molecular formula is C14H22N2O6. The van der Waals surface area contributed by atoms with Crippen molar-refractivity contribution in [3.8, 4) is 0 Å². The van der Waals surface area contributed by atoms with E-state index in [4.69, 9.17) is 14.6 Å². The minimum Gasteiger partial charge on any atom is -0.394 e. The van der Waals surface area contributed by atoms with Crippen LogP contribution >= 0.6 is 0 Å². The van der Waals surface area contributed by atoms with Gasteiger partial charge in [-0.2, -0.15) is 0 Å². The summed E-state index contributed by atoms with van der Waals surface area (Å²) in [5, 5.41) is 18.8. The molecule has 0 bridgehead atoms. The van der Waals surface area contributed by atoms with E-state index in [1.807, 2.05) is 20.8 Å². The van der Waals surface area contributed by atoms with Gasteiger partial charge in [0.25, 0.3) is 5.56 Å². The predicted octanol–water partition coefficient (Wildman–Crippen LogP) is -0.508. The van der Waals surface area contributed by atoms with Crippen LogP contribution in [0.15, 0.2) is 15.8 Å². The van der Waals surface area contributed by atoms with Crippen molar-refractivity contribution < 1.29 is 19.7 Å². The number of ether oxygens (including phenoxy) is 2. The summed E-state index contributed by atoms with van der Waals surface area (Å²) in [6.45, 7) is 5.30. The summed E-state index contributed by atoms with van der Waals surface area (Å²) < 4.78 is 12.2. The van der Waals surface area contributed by atoms with E-state index >= 15 is 0 Å². The Kier molecular flexibility index (Phi) is 4.86. The maximum absolute atomic E-state index is 11.9. The Morgan fingerprint density at radius 3 is 2.68 bits per heavy atom. The number of aromatic amines is 1. The van der Waals surface area contributed by atoms with E-state index in [0.29, 0.717) is 5.56 Å². The van der Waals surface area contributed by atoms with Gasteiger partial charge in [-0.25, -0.2) is 4.79 Å². The van der Waals surface area contributed by atoms with Gasteiger partial charge in [-0.1, -0.05) is 0 Å². The Hall–Kier alpha value is -1.48. The number of aliphatic hydroxyl groups is 2. The molecule has 3 atom stereocenters. The van der Waals surface area contributed by atoms with Crippen LogP contribution < -0.4 is 11.2 Å².